The van der Waals surface area contributed by atoms with Crippen molar-refractivity contribution >= 4 is 0 Å². The van der Waals surface area contributed by atoms with Gasteiger partial charge >= 0.3 is 0 Å². The van der Waals surface area contributed by atoms with Crippen LogP contribution in [-0.4, -0.2) is 0 Å². The van der Waals surface area contributed by atoms with Gasteiger partial charge in [-0.3, -0.25) is 0 Å². The topological polar surface area (TPSA) is 0 Å². The lowest BCUT2D eigenvalue weighted by Gasteiger charge is -1.92. The summed E-state index contributed by atoms with van der Waals surface area (Å²) >= 11 is 0. The molecule has 0 heterocycles. The van der Waals surface area contributed by atoms with E-state index in [1.807, 2.05) is 0 Å². The predicted octanol–water partition coefficient (Wildman–Crippen LogP) is 3.43. The SMILES string of the molecule is [CH]1CC\C=C/C=C\C=C\CC1. The molecule has 1 aliphatic rings. The van der Waals surface area contributed by atoms with Crippen LogP contribution in [0, 0.1) is 6.42 Å². The van der Waals surface area contributed by atoms with Gasteiger partial charge in [0.1, 0.15) is 0 Å². The van der Waals surface area contributed by atoms with E-state index in [0.717, 1.165) is 0 Å². The van der Waals surface area contributed by atoms with Crippen molar-refractivity contribution in [1.82, 2.24) is 0 Å². The van der Waals surface area contributed by atoms with Gasteiger partial charge in [-0.05, 0) is 32.1 Å². The van der Waals surface area contributed by atoms with Crippen LogP contribution in [0.1, 0.15) is 25.7 Å². The number of allylic oxidation sites excluding steroid dienone is 6. The Kier molecular flexibility index (Phi) is 4.51. The van der Waals surface area contributed by atoms with E-state index < -0.39 is 0 Å². The van der Waals surface area contributed by atoms with E-state index in [0.29, 0.717) is 0 Å². The van der Waals surface area contributed by atoms with E-state index >= 15 is 0 Å². The van der Waals surface area contributed by atoms with E-state index in [1.165, 1.54) is 25.7 Å². The van der Waals surface area contributed by atoms with Crippen LogP contribution in [0.3, 0.4) is 0 Å². The Morgan fingerprint density at radius 1 is 0.545 bits per heavy atom. The Labute approximate surface area is 69.3 Å². The second-order valence-corrected chi connectivity index (χ2v) is 2.68. The molecule has 11 heavy (non-hydrogen) atoms. The van der Waals surface area contributed by atoms with Crippen molar-refractivity contribution < 1.29 is 0 Å². The molecule has 0 saturated heterocycles. The quantitative estimate of drug-likeness (QED) is 0.492. The third-order valence-electron chi connectivity index (χ3n) is 1.68. The van der Waals surface area contributed by atoms with Crippen LogP contribution in [0.5, 0.6) is 0 Å². The molecule has 0 aliphatic heterocycles. The lowest BCUT2D eigenvalue weighted by molar-refractivity contribution is 0.857. The Balaban J connectivity index is 2.36. The third-order valence-corrected chi connectivity index (χ3v) is 1.68. The van der Waals surface area contributed by atoms with Gasteiger partial charge in [-0.25, -0.2) is 0 Å². The van der Waals surface area contributed by atoms with Gasteiger partial charge in [-0.15, -0.1) is 0 Å². The highest BCUT2D eigenvalue weighted by atomic mass is 13.9. The molecule has 0 unspecified atom stereocenters. The molecule has 0 aromatic carbocycles. The summed E-state index contributed by atoms with van der Waals surface area (Å²) in [5.74, 6) is 0. The van der Waals surface area contributed by atoms with E-state index in [4.69, 9.17) is 0 Å². The summed E-state index contributed by atoms with van der Waals surface area (Å²) in [5.41, 5.74) is 0. The number of rotatable bonds is 0. The maximum Gasteiger partial charge on any atom is -0.0345 e. The van der Waals surface area contributed by atoms with E-state index in [1.54, 1.807) is 0 Å². The van der Waals surface area contributed by atoms with Crippen molar-refractivity contribution in [2.75, 3.05) is 0 Å². The van der Waals surface area contributed by atoms with Crippen molar-refractivity contribution in [3.63, 3.8) is 0 Å². The number of hydrogen-bond donors (Lipinski definition) is 0. The van der Waals surface area contributed by atoms with Crippen LogP contribution < -0.4 is 0 Å². The summed E-state index contributed by atoms with van der Waals surface area (Å²) in [6.45, 7) is 0. The maximum atomic E-state index is 2.36. The zero-order valence-electron chi connectivity index (χ0n) is 6.87. The number of hydrogen-bond acceptors (Lipinski definition) is 0. The zero-order valence-corrected chi connectivity index (χ0v) is 6.87. The first-order valence-corrected chi connectivity index (χ1v) is 4.30. The van der Waals surface area contributed by atoms with E-state index in [-0.39, 0.29) is 0 Å². The lowest BCUT2D eigenvalue weighted by atomic mass is 10.1. The highest BCUT2D eigenvalue weighted by Crippen LogP contribution is 2.04. The average Bonchev–Trinajstić information content (AvgIpc) is 2.08. The van der Waals surface area contributed by atoms with Crippen LogP contribution in [0.25, 0.3) is 0 Å². The van der Waals surface area contributed by atoms with Gasteiger partial charge in [0.2, 0.25) is 0 Å². The summed E-state index contributed by atoms with van der Waals surface area (Å²) in [4.78, 5) is 0. The fourth-order valence-corrected chi connectivity index (χ4v) is 1.05. The molecule has 1 rings (SSSR count). The van der Waals surface area contributed by atoms with Gasteiger partial charge in [0, 0.05) is 0 Å². The summed E-state index contributed by atoms with van der Waals surface area (Å²) in [6, 6.07) is 0. The van der Waals surface area contributed by atoms with Gasteiger partial charge in [-0.1, -0.05) is 36.5 Å². The highest BCUT2D eigenvalue weighted by molar-refractivity contribution is 5.11. The first-order chi connectivity index (χ1) is 5.50. The third kappa shape index (κ3) is 4.60. The van der Waals surface area contributed by atoms with E-state index in [9.17, 15) is 0 Å². The predicted molar refractivity (Wildman–Crippen MR) is 50.2 cm³/mol. The highest BCUT2D eigenvalue weighted by Gasteiger charge is 1.85. The van der Waals surface area contributed by atoms with Crippen LogP contribution >= 0.6 is 0 Å². The largest absolute Gasteiger partial charge is 0.0845 e. The Hall–Kier alpha value is -0.780. The molecular formula is C11H15. The molecule has 0 saturated carbocycles. The minimum absolute atomic E-state index is 1.18. The second kappa shape index (κ2) is 5.96. The molecule has 59 valence electrons. The van der Waals surface area contributed by atoms with Crippen molar-refractivity contribution in [2.24, 2.45) is 0 Å². The molecule has 0 spiro atoms. The van der Waals surface area contributed by atoms with Gasteiger partial charge in [0.25, 0.3) is 0 Å². The smallest absolute Gasteiger partial charge is 0.0345 e. The molecular weight excluding hydrogens is 132 g/mol. The van der Waals surface area contributed by atoms with E-state index in [2.05, 4.69) is 42.9 Å². The van der Waals surface area contributed by atoms with Gasteiger partial charge < -0.3 is 0 Å². The van der Waals surface area contributed by atoms with Crippen LogP contribution in [0.15, 0.2) is 36.5 Å². The lowest BCUT2D eigenvalue weighted by Crippen LogP contribution is -1.75. The van der Waals surface area contributed by atoms with Crippen molar-refractivity contribution in [1.29, 1.82) is 0 Å². The molecule has 0 heteroatoms. The molecule has 0 N–H and O–H groups in total. The van der Waals surface area contributed by atoms with Crippen LogP contribution in [0.2, 0.25) is 0 Å². The Morgan fingerprint density at radius 2 is 1.09 bits per heavy atom. The molecule has 0 aromatic heterocycles. The monoisotopic (exact) mass is 147 g/mol. The molecule has 0 aromatic rings. The first-order valence-electron chi connectivity index (χ1n) is 4.30. The molecule has 0 atom stereocenters. The fraction of sp³-hybridized carbons (Fsp3) is 0.364. The molecule has 0 nitrogen and oxygen atoms in total. The van der Waals surface area contributed by atoms with Gasteiger partial charge in [0.15, 0.2) is 0 Å². The standard InChI is InChI=1S/C11H15/c1-2-4-6-8-10-11-9-7-5-3-1/h1-6,11H,7-10H2/b2-1-,5-3-,6-4+. The molecule has 1 aliphatic carbocycles. The van der Waals surface area contributed by atoms with Crippen LogP contribution in [0.4, 0.5) is 0 Å². The van der Waals surface area contributed by atoms with Gasteiger partial charge in [0.05, 0.1) is 0 Å². The normalized spacial score (nSPS) is 28.4. The molecule has 1 radical (unpaired) electrons. The molecule has 0 amide bonds. The Morgan fingerprint density at radius 3 is 1.64 bits per heavy atom. The summed E-state index contributed by atoms with van der Waals surface area (Å²) in [6.07, 6.45) is 20.0. The minimum Gasteiger partial charge on any atom is -0.0845 e. The maximum absolute atomic E-state index is 2.36. The minimum atomic E-state index is 1.18. The molecule has 0 fully saturated rings. The second-order valence-electron chi connectivity index (χ2n) is 2.68. The van der Waals surface area contributed by atoms with Crippen LogP contribution in [-0.2, 0) is 0 Å². The summed E-state index contributed by atoms with van der Waals surface area (Å²) in [5, 5.41) is 0. The fourth-order valence-electron chi connectivity index (χ4n) is 1.05. The first kappa shape index (κ1) is 8.32. The Bertz CT molecular complexity index is 143. The van der Waals surface area contributed by atoms with Crippen molar-refractivity contribution in [3.8, 4) is 0 Å². The molecule has 0 bridgehead atoms. The zero-order chi connectivity index (χ0) is 7.78. The van der Waals surface area contributed by atoms with Crippen molar-refractivity contribution in [2.45, 2.75) is 25.7 Å². The summed E-state index contributed by atoms with van der Waals surface area (Å²) < 4.78 is 0. The van der Waals surface area contributed by atoms with Crippen molar-refractivity contribution in [3.05, 3.63) is 42.9 Å². The summed E-state index contributed by atoms with van der Waals surface area (Å²) in [7, 11) is 0. The average molecular weight is 147 g/mol. The van der Waals surface area contributed by atoms with Gasteiger partial charge in [-0.2, -0.15) is 0 Å².